The van der Waals surface area contributed by atoms with Crippen molar-refractivity contribution in [3.63, 3.8) is 0 Å². The van der Waals surface area contributed by atoms with E-state index >= 15 is 0 Å². The lowest BCUT2D eigenvalue weighted by Crippen LogP contribution is -2.03. The molecule has 2 N–H and O–H groups in total. The molecule has 0 saturated carbocycles. The summed E-state index contributed by atoms with van der Waals surface area (Å²) in [6.45, 7) is 1.36. The van der Waals surface area contributed by atoms with Crippen LogP contribution in [0, 0.1) is 10.1 Å². The third kappa shape index (κ3) is 3.42. The first-order valence-corrected chi connectivity index (χ1v) is 6.27. The van der Waals surface area contributed by atoms with E-state index in [1.165, 1.54) is 5.56 Å². The largest absolute Gasteiger partial charge is 0.354 e. The molecule has 0 spiro atoms. The number of aromatic nitrogens is 1. The summed E-state index contributed by atoms with van der Waals surface area (Å²) in [4.78, 5) is 10.6. The Bertz CT molecular complexity index is 563. The maximum absolute atomic E-state index is 10.9. The minimum Gasteiger partial charge on any atom is -0.354 e. The Kier molecular flexibility index (Phi) is 4.30. The number of nitro benzene ring substituents is 1. The van der Waals surface area contributed by atoms with E-state index in [4.69, 9.17) is 5.73 Å². The first kappa shape index (κ1) is 13.3. The Morgan fingerprint density at radius 2 is 2.00 bits per heavy atom. The lowest BCUT2D eigenvalue weighted by Gasteiger charge is -2.04. The van der Waals surface area contributed by atoms with Gasteiger partial charge in [-0.2, -0.15) is 0 Å². The summed E-state index contributed by atoms with van der Waals surface area (Å²) < 4.78 is 2.04. The van der Waals surface area contributed by atoms with Crippen LogP contribution >= 0.6 is 0 Å². The van der Waals surface area contributed by atoms with Gasteiger partial charge in [-0.15, -0.1) is 0 Å². The maximum Gasteiger partial charge on any atom is 0.272 e. The fourth-order valence-corrected chi connectivity index (χ4v) is 2.09. The number of aryl methyl sites for hydroxylation is 2. The highest BCUT2D eigenvalue weighted by molar-refractivity contribution is 5.39. The fourth-order valence-electron chi connectivity index (χ4n) is 2.09. The van der Waals surface area contributed by atoms with Gasteiger partial charge in [0.25, 0.3) is 5.69 Å². The normalized spacial score (nSPS) is 10.6. The topological polar surface area (TPSA) is 74.1 Å². The van der Waals surface area contributed by atoms with E-state index in [1.807, 2.05) is 35.2 Å². The predicted octanol–water partition coefficient (Wildman–Crippen LogP) is 2.14. The molecular weight excluding hydrogens is 242 g/mol. The molecule has 0 bridgehead atoms. The standard InChI is InChI=1S/C14H17N3O2/c15-8-5-12-6-9-16(11-12)10-7-13-3-1-2-4-14(13)17(18)19/h1-4,6,9,11H,5,7-8,10,15H2. The van der Waals surface area contributed by atoms with E-state index in [1.54, 1.807) is 12.1 Å². The molecular formula is C14H17N3O2. The van der Waals surface area contributed by atoms with Gasteiger partial charge in [-0.05, 0) is 31.0 Å². The van der Waals surface area contributed by atoms with E-state index in [9.17, 15) is 10.1 Å². The van der Waals surface area contributed by atoms with Gasteiger partial charge in [0.1, 0.15) is 0 Å². The van der Waals surface area contributed by atoms with Gasteiger partial charge in [0, 0.05) is 30.6 Å². The molecule has 0 saturated heterocycles. The first-order valence-electron chi connectivity index (χ1n) is 6.27. The van der Waals surface area contributed by atoms with Gasteiger partial charge in [-0.25, -0.2) is 0 Å². The van der Waals surface area contributed by atoms with Gasteiger partial charge < -0.3 is 10.3 Å². The number of hydrogen-bond donors (Lipinski definition) is 1. The molecule has 0 unspecified atom stereocenters. The zero-order valence-corrected chi connectivity index (χ0v) is 10.7. The molecule has 0 amide bonds. The number of para-hydroxylation sites is 1. The summed E-state index contributed by atoms with van der Waals surface area (Å²) >= 11 is 0. The van der Waals surface area contributed by atoms with Crippen molar-refractivity contribution in [2.75, 3.05) is 6.54 Å². The van der Waals surface area contributed by atoms with Crippen LogP contribution in [0.3, 0.4) is 0 Å². The Labute approximate surface area is 111 Å². The quantitative estimate of drug-likeness (QED) is 0.638. The van der Waals surface area contributed by atoms with Gasteiger partial charge in [-0.3, -0.25) is 10.1 Å². The zero-order valence-electron chi connectivity index (χ0n) is 10.7. The van der Waals surface area contributed by atoms with Crippen LogP contribution < -0.4 is 5.73 Å². The molecule has 1 aromatic heterocycles. The van der Waals surface area contributed by atoms with E-state index in [-0.39, 0.29) is 10.6 Å². The highest BCUT2D eigenvalue weighted by Gasteiger charge is 2.11. The molecule has 0 aliphatic heterocycles. The molecule has 0 fully saturated rings. The number of benzene rings is 1. The maximum atomic E-state index is 10.9. The second kappa shape index (κ2) is 6.15. The van der Waals surface area contributed by atoms with E-state index in [2.05, 4.69) is 0 Å². The van der Waals surface area contributed by atoms with Gasteiger partial charge in [0.15, 0.2) is 0 Å². The smallest absolute Gasteiger partial charge is 0.272 e. The second-order valence-electron chi connectivity index (χ2n) is 4.43. The van der Waals surface area contributed by atoms with Crippen molar-refractivity contribution in [2.24, 2.45) is 5.73 Å². The van der Waals surface area contributed by atoms with Crippen molar-refractivity contribution in [2.45, 2.75) is 19.4 Å². The lowest BCUT2D eigenvalue weighted by atomic mass is 10.1. The third-order valence-corrected chi connectivity index (χ3v) is 3.07. The first-order chi connectivity index (χ1) is 9.20. The molecule has 1 aromatic carbocycles. The number of nitro groups is 1. The number of nitrogens with zero attached hydrogens (tertiary/aromatic N) is 2. The van der Waals surface area contributed by atoms with Crippen LogP contribution in [0.2, 0.25) is 0 Å². The van der Waals surface area contributed by atoms with Crippen LogP contribution in [0.5, 0.6) is 0 Å². The van der Waals surface area contributed by atoms with Crippen LogP contribution in [0.25, 0.3) is 0 Å². The summed E-state index contributed by atoms with van der Waals surface area (Å²) in [7, 11) is 0. The van der Waals surface area contributed by atoms with Crippen molar-refractivity contribution in [3.05, 3.63) is 64.0 Å². The minimum atomic E-state index is -0.329. The van der Waals surface area contributed by atoms with E-state index < -0.39 is 0 Å². The van der Waals surface area contributed by atoms with Crippen molar-refractivity contribution < 1.29 is 4.92 Å². The predicted molar refractivity (Wildman–Crippen MR) is 74.0 cm³/mol. The van der Waals surface area contributed by atoms with Crippen molar-refractivity contribution >= 4 is 5.69 Å². The van der Waals surface area contributed by atoms with Gasteiger partial charge >= 0.3 is 0 Å². The Hall–Kier alpha value is -2.14. The zero-order chi connectivity index (χ0) is 13.7. The summed E-state index contributed by atoms with van der Waals surface area (Å²) in [5.41, 5.74) is 7.66. The fraction of sp³-hybridized carbons (Fsp3) is 0.286. The minimum absolute atomic E-state index is 0.192. The molecule has 19 heavy (non-hydrogen) atoms. The molecule has 0 aliphatic carbocycles. The molecule has 0 radical (unpaired) electrons. The number of hydrogen-bond acceptors (Lipinski definition) is 3. The molecule has 5 nitrogen and oxygen atoms in total. The Morgan fingerprint density at radius 1 is 1.21 bits per heavy atom. The molecule has 1 heterocycles. The summed E-state index contributed by atoms with van der Waals surface area (Å²) in [6.07, 6.45) is 5.54. The summed E-state index contributed by atoms with van der Waals surface area (Å²) in [6, 6.07) is 8.91. The highest BCUT2D eigenvalue weighted by Crippen LogP contribution is 2.18. The molecule has 100 valence electrons. The van der Waals surface area contributed by atoms with E-state index in [0.717, 1.165) is 18.5 Å². The van der Waals surface area contributed by atoms with E-state index in [0.29, 0.717) is 13.0 Å². The summed E-state index contributed by atoms with van der Waals surface area (Å²) in [5, 5.41) is 10.9. The van der Waals surface area contributed by atoms with Crippen LogP contribution in [-0.4, -0.2) is 16.0 Å². The van der Waals surface area contributed by atoms with Gasteiger partial charge in [0.05, 0.1) is 4.92 Å². The lowest BCUT2D eigenvalue weighted by molar-refractivity contribution is -0.385. The summed E-state index contributed by atoms with van der Waals surface area (Å²) in [5.74, 6) is 0. The highest BCUT2D eigenvalue weighted by atomic mass is 16.6. The molecule has 5 heteroatoms. The monoisotopic (exact) mass is 259 g/mol. The van der Waals surface area contributed by atoms with Gasteiger partial charge in [0.2, 0.25) is 0 Å². The number of nitrogens with two attached hydrogens (primary N) is 1. The Morgan fingerprint density at radius 3 is 2.74 bits per heavy atom. The van der Waals surface area contributed by atoms with Gasteiger partial charge in [-0.1, -0.05) is 18.2 Å². The second-order valence-corrected chi connectivity index (χ2v) is 4.43. The SMILES string of the molecule is NCCc1ccn(CCc2ccccc2[N+](=O)[O-])c1. The van der Waals surface area contributed by atoms with Crippen molar-refractivity contribution in [1.82, 2.24) is 4.57 Å². The van der Waals surface area contributed by atoms with Crippen LogP contribution in [0.15, 0.2) is 42.7 Å². The third-order valence-electron chi connectivity index (χ3n) is 3.07. The average Bonchev–Trinajstić information content (AvgIpc) is 2.85. The molecule has 0 atom stereocenters. The molecule has 2 rings (SSSR count). The van der Waals surface area contributed by atoms with Crippen LogP contribution in [0.1, 0.15) is 11.1 Å². The van der Waals surface area contributed by atoms with Crippen molar-refractivity contribution in [1.29, 1.82) is 0 Å². The molecule has 0 aliphatic rings. The molecule has 2 aromatic rings. The van der Waals surface area contributed by atoms with Crippen LogP contribution in [-0.2, 0) is 19.4 Å². The van der Waals surface area contributed by atoms with Crippen LogP contribution in [0.4, 0.5) is 5.69 Å². The van der Waals surface area contributed by atoms with Crippen molar-refractivity contribution in [3.8, 4) is 0 Å². The Balaban J connectivity index is 2.03. The average molecular weight is 259 g/mol. The number of rotatable bonds is 6.